The Morgan fingerprint density at radius 1 is 1.29 bits per heavy atom. The third-order valence-corrected chi connectivity index (χ3v) is 3.83. The summed E-state index contributed by atoms with van der Waals surface area (Å²) >= 11 is 0. The fourth-order valence-corrected chi connectivity index (χ4v) is 2.67. The van der Waals surface area contributed by atoms with Crippen molar-refractivity contribution < 1.29 is 0 Å². The smallest absolute Gasteiger partial charge is 0.192 e. The zero-order valence-electron chi connectivity index (χ0n) is 14.4. The standard InChI is InChI=1S/C16H22N2O.C2H6/c1-6-7-8-14-15-13(4)17(5)10-12(3)18(15)9-11(2)16(14)19;1-2/h6-9,12H,10H2,1-5H3;1-2H3/b7-6-,14-8+;. The molecule has 0 aromatic carbocycles. The lowest BCUT2D eigenvalue weighted by atomic mass is 10.1. The van der Waals surface area contributed by atoms with Gasteiger partial charge in [0, 0.05) is 42.3 Å². The third-order valence-electron chi connectivity index (χ3n) is 3.83. The van der Waals surface area contributed by atoms with Gasteiger partial charge in [-0.1, -0.05) is 26.0 Å². The molecule has 0 radical (unpaired) electrons. The predicted octanol–water partition coefficient (Wildman–Crippen LogP) is 2.17. The summed E-state index contributed by atoms with van der Waals surface area (Å²) < 4.78 is 2.24. The summed E-state index contributed by atoms with van der Waals surface area (Å²) in [5.41, 5.74) is 2.10. The van der Waals surface area contributed by atoms with Gasteiger partial charge in [-0.2, -0.15) is 0 Å². The molecule has 1 aromatic rings. The Morgan fingerprint density at radius 3 is 2.48 bits per heavy atom. The molecule has 3 heteroatoms. The maximum Gasteiger partial charge on any atom is 0.192 e. The van der Waals surface area contributed by atoms with Crippen LogP contribution in [0.4, 0.5) is 0 Å². The molecule has 0 fully saturated rings. The summed E-state index contributed by atoms with van der Waals surface area (Å²) in [5, 5.41) is 1.85. The van der Waals surface area contributed by atoms with Crippen molar-refractivity contribution in [1.82, 2.24) is 9.47 Å². The fraction of sp³-hybridized carbons (Fsp3) is 0.500. The second-order valence-electron chi connectivity index (χ2n) is 5.32. The topological polar surface area (TPSA) is 25.2 Å². The highest BCUT2D eigenvalue weighted by molar-refractivity contribution is 5.45. The molecule has 1 aromatic heterocycles. The summed E-state index contributed by atoms with van der Waals surface area (Å²) in [6.45, 7) is 13.1. The van der Waals surface area contributed by atoms with E-state index in [0.29, 0.717) is 6.04 Å². The van der Waals surface area contributed by atoms with Crippen molar-refractivity contribution in [3.8, 4) is 0 Å². The number of nitrogens with zero attached hydrogens (tertiary/aromatic N) is 2. The van der Waals surface area contributed by atoms with Crippen molar-refractivity contribution in [1.29, 1.82) is 0 Å². The van der Waals surface area contributed by atoms with Crippen LogP contribution in [-0.4, -0.2) is 23.1 Å². The van der Waals surface area contributed by atoms with Crippen LogP contribution in [-0.2, 0) is 0 Å². The van der Waals surface area contributed by atoms with Gasteiger partial charge in [0.25, 0.3) is 0 Å². The highest BCUT2D eigenvalue weighted by atomic mass is 16.1. The first-order valence-electron chi connectivity index (χ1n) is 7.74. The number of hydrogen-bond acceptors (Lipinski definition) is 2. The molecule has 2 heterocycles. The van der Waals surface area contributed by atoms with Gasteiger partial charge in [0.1, 0.15) is 0 Å². The lowest BCUT2D eigenvalue weighted by Gasteiger charge is -2.32. The minimum absolute atomic E-state index is 0.131. The monoisotopic (exact) mass is 288 g/mol. The number of likely N-dealkylation sites (N-methyl/N-ethyl adjacent to an activating group) is 1. The van der Waals surface area contributed by atoms with Crippen LogP contribution in [0.3, 0.4) is 0 Å². The van der Waals surface area contributed by atoms with E-state index >= 15 is 0 Å². The predicted molar refractivity (Wildman–Crippen MR) is 91.7 cm³/mol. The Morgan fingerprint density at radius 2 is 1.90 bits per heavy atom. The zero-order chi connectivity index (χ0) is 16.2. The highest BCUT2D eigenvalue weighted by Crippen LogP contribution is 2.12. The molecule has 3 nitrogen and oxygen atoms in total. The maximum atomic E-state index is 12.4. The van der Waals surface area contributed by atoms with E-state index in [2.05, 4.69) is 30.4 Å². The minimum Gasteiger partial charge on any atom is -0.374 e. The van der Waals surface area contributed by atoms with E-state index in [1.807, 2.05) is 52.1 Å². The van der Waals surface area contributed by atoms with Gasteiger partial charge in [0.2, 0.25) is 0 Å². The van der Waals surface area contributed by atoms with Crippen LogP contribution in [0.25, 0.3) is 11.8 Å². The van der Waals surface area contributed by atoms with Gasteiger partial charge in [0.05, 0.1) is 5.35 Å². The van der Waals surface area contributed by atoms with Crippen molar-refractivity contribution in [3.63, 3.8) is 0 Å². The molecule has 0 bridgehead atoms. The van der Waals surface area contributed by atoms with Crippen LogP contribution in [0.15, 0.2) is 23.1 Å². The van der Waals surface area contributed by atoms with Gasteiger partial charge in [-0.05, 0) is 33.8 Å². The lowest BCUT2D eigenvalue weighted by Crippen LogP contribution is -2.53. The number of rotatable bonds is 1. The first kappa shape index (κ1) is 17.3. The van der Waals surface area contributed by atoms with Crippen LogP contribution in [0.2, 0.25) is 0 Å². The van der Waals surface area contributed by atoms with Crippen LogP contribution in [0, 0.1) is 6.92 Å². The van der Waals surface area contributed by atoms with Crippen molar-refractivity contribution in [3.05, 3.63) is 44.7 Å². The quantitative estimate of drug-likeness (QED) is 0.791. The van der Waals surface area contributed by atoms with Crippen LogP contribution in [0.1, 0.15) is 46.2 Å². The number of allylic oxidation sites excluding steroid dienone is 2. The average molecular weight is 288 g/mol. The highest BCUT2D eigenvalue weighted by Gasteiger charge is 2.18. The largest absolute Gasteiger partial charge is 0.374 e. The minimum atomic E-state index is 0.131. The third kappa shape index (κ3) is 3.29. The Balaban J connectivity index is 0.00000106. The molecule has 0 aliphatic carbocycles. The number of pyridine rings is 1. The molecule has 0 saturated heterocycles. The molecule has 0 saturated carbocycles. The summed E-state index contributed by atoms with van der Waals surface area (Å²) in [4.78, 5) is 14.6. The molecule has 1 unspecified atom stereocenters. The Hall–Kier alpha value is -1.77. The van der Waals surface area contributed by atoms with E-state index in [-0.39, 0.29) is 5.43 Å². The van der Waals surface area contributed by atoms with Crippen LogP contribution >= 0.6 is 0 Å². The lowest BCUT2D eigenvalue weighted by molar-refractivity contribution is 0.344. The second-order valence-corrected chi connectivity index (χ2v) is 5.32. The van der Waals surface area contributed by atoms with Gasteiger partial charge in [-0.3, -0.25) is 4.79 Å². The van der Waals surface area contributed by atoms with Gasteiger partial charge in [0.15, 0.2) is 5.43 Å². The Labute approximate surface area is 127 Å². The molecule has 21 heavy (non-hydrogen) atoms. The van der Waals surface area contributed by atoms with E-state index in [1.165, 1.54) is 0 Å². The SMILES string of the molecule is C/C=C\C=c1\c(=O)c(C)cn2c1=C(C)N(C)CC2C.CC. The first-order chi connectivity index (χ1) is 9.97. The zero-order valence-corrected chi connectivity index (χ0v) is 14.4. The average Bonchev–Trinajstić information content (AvgIpc) is 2.48. The van der Waals surface area contributed by atoms with E-state index in [9.17, 15) is 4.79 Å². The maximum absolute atomic E-state index is 12.4. The molecule has 116 valence electrons. The first-order valence-corrected chi connectivity index (χ1v) is 7.74. The summed E-state index contributed by atoms with van der Waals surface area (Å²) in [6, 6.07) is 0.376. The summed E-state index contributed by atoms with van der Waals surface area (Å²) in [5.74, 6) is 0. The molecule has 1 aliphatic heterocycles. The number of aromatic nitrogens is 1. The van der Waals surface area contributed by atoms with E-state index in [4.69, 9.17) is 0 Å². The molecule has 1 atom stereocenters. The van der Waals surface area contributed by atoms with E-state index in [1.54, 1.807) is 0 Å². The Kier molecular flexibility index (Phi) is 6.01. The summed E-state index contributed by atoms with van der Waals surface area (Å²) in [6.07, 6.45) is 7.80. The van der Waals surface area contributed by atoms with Crippen molar-refractivity contribution >= 4 is 11.8 Å². The fourth-order valence-electron chi connectivity index (χ4n) is 2.67. The van der Waals surface area contributed by atoms with Gasteiger partial charge in [-0.25, -0.2) is 0 Å². The van der Waals surface area contributed by atoms with Gasteiger partial charge in [-0.15, -0.1) is 0 Å². The summed E-state index contributed by atoms with van der Waals surface area (Å²) in [7, 11) is 2.08. The van der Waals surface area contributed by atoms with Gasteiger partial charge < -0.3 is 9.47 Å². The van der Waals surface area contributed by atoms with E-state index in [0.717, 1.165) is 28.4 Å². The number of aryl methyl sites for hydroxylation is 1. The van der Waals surface area contributed by atoms with Crippen LogP contribution in [0.5, 0.6) is 0 Å². The van der Waals surface area contributed by atoms with Gasteiger partial charge >= 0.3 is 0 Å². The van der Waals surface area contributed by atoms with Crippen molar-refractivity contribution in [2.45, 2.75) is 47.6 Å². The van der Waals surface area contributed by atoms with Crippen LogP contribution < -0.4 is 16.0 Å². The molecular weight excluding hydrogens is 260 g/mol. The molecule has 0 amide bonds. The molecule has 0 N–H and O–H groups in total. The molecular formula is C18H28N2O. The normalized spacial score (nSPS) is 18.6. The second kappa shape index (κ2) is 7.30. The molecule has 2 rings (SSSR count). The molecule has 0 spiro atoms. The Bertz CT molecular complexity index is 695. The van der Waals surface area contributed by atoms with E-state index < -0.39 is 0 Å². The van der Waals surface area contributed by atoms with Crippen molar-refractivity contribution in [2.75, 3.05) is 13.6 Å². The number of hydrogen-bond donors (Lipinski definition) is 0. The van der Waals surface area contributed by atoms with Crippen molar-refractivity contribution in [2.24, 2.45) is 0 Å². The molecule has 1 aliphatic rings. The number of fused-ring (bicyclic) bond motifs is 1.